The molecule has 2 nitrogen and oxygen atoms in total. The second-order valence-electron chi connectivity index (χ2n) is 4.76. The molecule has 0 aliphatic rings. The lowest BCUT2D eigenvalue weighted by molar-refractivity contribution is 0.567. The van der Waals surface area contributed by atoms with Crippen LogP contribution in [-0.2, 0) is 5.41 Å². The third kappa shape index (κ3) is 2.71. The first-order chi connectivity index (χ1) is 9.83. The molecule has 0 saturated carbocycles. The van der Waals surface area contributed by atoms with E-state index in [0.29, 0.717) is 19.3 Å². The molecule has 2 heteroatoms. The molecular weight excluding hydrogens is 244 g/mol. The average molecular weight is 260 g/mol. The molecule has 0 atom stereocenters. The zero-order valence-corrected chi connectivity index (χ0v) is 11.3. The molecule has 0 aliphatic heterocycles. The second-order valence-corrected chi connectivity index (χ2v) is 4.76. The standard InChI is InChI=1S/C18H16N2/c19-14-8-7-13-18(15-20,16-9-3-1-4-10-16)17-11-5-2-6-12-17/h1-6,9-12H,7-8,13H2. The van der Waals surface area contributed by atoms with E-state index in [4.69, 9.17) is 5.26 Å². The van der Waals surface area contributed by atoms with E-state index in [1.807, 2.05) is 60.7 Å². The molecule has 0 amide bonds. The van der Waals surface area contributed by atoms with E-state index in [2.05, 4.69) is 12.1 Å². The lowest BCUT2D eigenvalue weighted by atomic mass is 9.72. The number of benzene rings is 2. The predicted molar refractivity (Wildman–Crippen MR) is 78.7 cm³/mol. The molecule has 2 aromatic carbocycles. The third-order valence-electron chi connectivity index (χ3n) is 3.56. The summed E-state index contributed by atoms with van der Waals surface area (Å²) in [5, 5.41) is 18.6. The molecule has 20 heavy (non-hydrogen) atoms. The molecular formula is C18H16N2. The van der Waals surface area contributed by atoms with Gasteiger partial charge in [-0.15, -0.1) is 0 Å². The minimum Gasteiger partial charge on any atom is -0.198 e. The van der Waals surface area contributed by atoms with Gasteiger partial charge in [-0.3, -0.25) is 0 Å². The van der Waals surface area contributed by atoms with Gasteiger partial charge in [0, 0.05) is 6.42 Å². The van der Waals surface area contributed by atoms with Crippen LogP contribution in [0.3, 0.4) is 0 Å². The number of rotatable bonds is 5. The third-order valence-corrected chi connectivity index (χ3v) is 3.56. The Morgan fingerprint density at radius 1 is 0.800 bits per heavy atom. The van der Waals surface area contributed by atoms with Crippen LogP contribution in [0.15, 0.2) is 60.7 Å². The molecule has 0 bridgehead atoms. The summed E-state index contributed by atoms with van der Waals surface area (Å²) in [5.74, 6) is 0. The zero-order chi connectivity index (χ0) is 14.3. The van der Waals surface area contributed by atoms with Crippen molar-refractivity contribution in [1.29, 1.82) is 10.5 Å². The summed E-state index contributed by atoms with van der Waals surface area (Å²) in [7, 11) is 0. The quantitative estimate of drug-likeness (QED) is 0.757. The largest absolute Gasteiger partial charge is 0.198 e. The van der Waals surface area contributed by atoms with E-state index >= 15 is 0 Å². The maximum Gasteiger partial charge on any atom is 0.107 e. The number of nitrogens with zero attached hydrogens (tertiary/aromatic N) is 2. The normalized spacial score (nSPS) is 10.5. The highest BCUT2D eigenvalue weighted by molar-refractivity contribution is 5.45. The monoisotopic (exact) mass is 260 g/mol. The first kappa shape index (κ1) is 13.8. The Kier molecular flexibility index (Phi) is 4.53. The predicted octanol–water partition coefficient (Wildman–Crippen LogP) is 4.19. The first-order valence-electron chi connectivity index (χ1n) is 6.73. The van der Waals surface area contributed by atoms with Gasteiger partial charge in [0.25, 0.3) is 0 Å². The summed E-state index contributed by atoms with van der Waals surface area (Å²) in [6, 6.07) is 24.3. The highest BCUT2D eigenvalue weighted by Crippen LogP contribution is 2.36. The van der Waals surface area contributed by atoms with Crippen LogP contribution in [0.2, 0.25) is 0 Å². The lowest BCUT2D eigenvalue weighted by Crippen LogP contribution is -2.25. The van der Waals surface area contributed by atoms with Crippen LogP contribution in [0, 0.1) is 22.7 Å². The molecule has 0 fully saturated rings. The molecule has 0 unspecified atom stereocenters. The van der Waals surface area contributed by atoms with E-state index in [1.165, 1.54) is 0 Å². The molecule has 0 N–H and O–H groups in total. The Hall–Kier alpha value is -2.58. The molecule has 0 heterocycles. The van der Waals surface area contributed by atoms with Gasteiger partial charge in [0.2, 0.25) is 0 Å². The van der Waals surface area contributed by atoms with Crippen molar-refractivity contribution in [2.24, 2.45) is 0 Å². The fraction of sp³-hybridized carbons (Fsp3) is 0.222. The van der Waals surface area contributed by atoms with Crippen molar-refractivity contribution in [1.82, 2.24) is 0 Å². The van der Waals surface area contributed by atoms with E-state index < -0.39 is 5.41 Å². The smallest absolute Gasteiger partial charge is 0.107 e. The van der Waals surface area contributed by atoms with Crippen molar-refractivity contribution in [2.45, 2.75) is 24.7 Å². The maximum atomic E-state index is 9.85. The van der Waals surface area contributed by atoms with Gasteiger partial charge < -0.3 is 0 Å². The van der Waals surface area contributed by atoms with E-state index in [-0.39, 0.29) is 0 Å². The molecule has 98 valence electrons. The Morgan fingerprint density at radius 2 is 1.30 bits per heavy atom. The van der Waals surface area contributed by atoms with Crippen molar-refractivity contribution in [3.63, 3.8) is 0 Å². The van der Waals surface area contributed by atoms with Gasteiger partial charge in [-0.25, -0.2) is 0 Å². The van der Waals surface area contributed by atoms with Crippen LogP contribution >= 0.6 is 0 Å². The number of hydrogen-bond donors (Lipinski definition) is 0. The Labute approximate surface area is 119 Å². The van der Waals surface area contributed by atoms with Crippen LogP contribution < -0.4 is 0 Å². The number of unbranched alkanes of at least 4 members (excludes halogenated alkanes) is 1. The maximum absolute atomic E-state index is 9.85. The zero-order valence-electron chi connectivity index (χ0n) is 11.3. The van der Waals surface area contributed by atoms with Gasteiger partial charge in [0.05, 0.1) is 12.1 Å². The molecule has 2 aromatic rings. The fourth-order valence-electron chi connectivity index (χ4n) is 2.52. The van der Waals surface area contributed by atoms with Gasteiger partial charge in [0.15, 0.2) is 0 Å². The summed E-state index contributed by atoms with van der Waals surface area (Å²) in [5.41, 5.74) is 1.32. The van der Waals surface area contributed by atoms with Crippen molar-refractivity contribution < 1.29 is 0 Å². The summed E-state index contributed by atoms with van der Waals surface area (Å²) in [6.45, 7) is 0. The van der Waals surface area contributed by atoms with Crippen molar-refractivity contribution >= 4 is 0 Å². The average Bonchev–Trinajstić information content (AvgIpc) is 2.54. The van der Waals surface area contributed by atoms with Gasteiger partial charge in [0.1, 0.15) is 5.41 Å². The van der Waals surface area contributed by atoms with Gasteiger partial charge in [-0.1, -0.05) is 60.7 Å². The second kappa shape index (κ2) is 6.55. The molecule has 0 aromatic heterocycles. The van der Waals surface area contributed by atoms with Crippen molar-refractivity contribution in [3.05, 3.63) is 71.8 Å². The topological polar surface area (TPSA) is 47.6 Å². The minimum absolute atomic E-state index is 0.475. The van der Waals surface area contributed by atoms with E-state index in [1.54, 1.807) is 0 Å². The molecule has 0 spiro atoms. The molecule has 0 aliphatic carbocycles. The minimum atomic E-state index is -0.667. The van der Waals surface area contributed by atoms with E-state index in [0.717, 1.165) is 11.1 Å². The van der Waals surface area contributed by atoms with Crippen LogP contribution in [0.4, 0.5) is 0 Å². The number of nitriles is 2. The highest BCUT2D eigenvalue weighted by atomic mass is 14.4. The van der Waals surface area contributed by atoms with Crippen LogP contribution in [0.25, 0.3) is 0 Å². The molecule has 0 radical (unpaired) electrons. The van der Waals surface area contributed by atoms with Gasteiger partial charge in [-0.05, 0) is 24.0 Å². The van der Waals surface area contributed by atoms with Crippen LogP contribution in [0.1, 0.15) is 30.4 Å². The summed E-state index contributed by atoms with van der Waals surface area (Å²) in [4.78, 5) is 0. The summed E-state index contributed by atoms with van der Waals surface area (Å²) in [6.07, 6.45) is 1.85. The number of hydrogen-bond acceptors (Lipinski definition) is 2. The lowest BCUT2D eigenvalue weighted by Gasteiger charge is -2.27. The SMILES string of the molecule is N#CCCCC(C#N)(c1ccccc1)c1ccccc1. The Morgan fingerprint density at radius 3 is 1.70 bits per heavy atom. The Balaban J connectivity index is 2.48. The molecule has 2 rings (SSSR count). The first-order valence-corrected chi connectivity index (χ1v) is 6.73. The van der Waals surface area contributed by atoms with E-state index in [9.17, 15) is 5.26 Å². The van der Waals surface area contributed by atoms with Crippen LogP contribution in [0.5, 0.6) is 0 Å². The van der Waals surface area contributed by atoms with Crippen LogP contribution in [-0.4, -0.2) is 0 Å². The summed E-state index contributed by atoms with van der Waals surface area (Å²) >= 11 is 0. The van der Waals surface area contributed by atoms with Crippen molar-refractivity contribution in [3.8, 4) is 12.1 Å². The Bertz CT molecular complexity index is 578. The van der Waals surface area contributed by atoms with Gasteiger partial charge in [-0.2, -0.15) is 10.5 Å². The van der Waals surface area contributed by atoms with Crippen molar-refractivity contribution in [2.75, 3.05) is 0 Å². The summed E-state index contributed by atoms with van der Waals surface area (Å²) < 4.78 is 0. The molecule has 0 saturated heterocycles. The van der Waals surface area contributed by atoms with Gasteiger partial charge >= 0.3 is 0 Å². The highest BCUT2D eigenvalue weighted by Gasteiger charge is 2.33. The fourth-order valence-corrected chi connectivity index (χ4v) is 2.52.